The van der Waals surface area contributed by atoms with Gasteiger partial charge in [0.05, 0.1) is 12.2 Å². The molecule has 2 aromatic heterocycles. The lowest BCUT2D eigenvalue weighted by molar-refractivity contribution is 0.232. The van der Waals surface area contributed by atoms with Crippen molar-refractivity contribution in [3.63, 3.8) is 0 Å². The molecule has 1 aliphatic rings. The van der Waals surface area contributed by atoms with Crippen LogP contribution in [0.5, 0.6) is 0 Å². The molecule has 0 N–H and O–H groups in total. The van der Waals surface area contributed by atoms with Gasteiger partial charge in [0.1, 0.15) is 12.1 Å². The van der Waals surface area contributed by atoms with Crippen LogP contribution in [0, 0.1) is 0 Å². The Morgan fingerprint density at radius 1 is 1.26 bits per heavy atom. The lowest BCUT2D eigenvalue weighted by Gasteiger charge is -2.29. The fourth-order valence-electron chi connectivity index (χ4n) is 2.92. The van der Waals surface area contributed by atoms with Crippen molar-refractivity contribution in [2.45, 2.75) is 45.8 Å². The minimum Gasteiger partial charge on any atom is -0.362 e. The van der Waals surface area contributed by atoms with Crippen LogP contribution in [0.4, 0.5) is 5.82 Å². The number of hydrogen-bond acceptors (Lipinski definition) is 7. The molecule has 2 aromatic rings. The Morgan fingerprint density at radius 3 is 2.91 bits per heavy atom. The molecular weight excluding hydrogens is 292 g/mol. The molecule has 0 aromatic carbocycles. The summed E-state index contributed by atoms with van der Waals surface area (Å²) in [4.78, 5) is 13.3. The van der Waals surface area contributed by atoms with Gasteiger partial charge < -0.3 is 4.90 Å². The summed E-state index contributed by atoms with van der Waals surface area (Å²) >= 11 is 0. The number of fused-ring (bicyclic) bond motifs is 1. The molecular formula is C15H24N8. The van der Waals surface area contributed by atoms with Crippen LogP contribution in [0.1, 0.15) is 36.8 Å². The molecule has 0 radical (unpaired) electrons. The molecule has 3 rings (SSSR count). The van der Waals surface area contributed by atoms with Crippen molar-refractivity contribution in [2.24, 2.45) is 0 Å². The Kier molecular flexibility index (Phi) is 4.80. The molecule has 0 aliphatic carbocycles. The fourth-order valence-corrected chi connectivity index (χ4v) is 2.92. The van der Waals surface area contributed by atoms with E-state index in [2.05, 4.69) is 42.2 Å². The highest BCUT2D eigenvalue weighted by Gasteiger charge is 2.23. The number of hydrogen-bond donors (Lipinski definition) is 0. The van der Waals surface area contributed by atoms with Crippen molar-refractivity contribution in [2.75, 3.05) is 25.5 Å². The summed E-state index contributed by atoms with van der Waals surface area (Å²) in [6.45, 7) is 5.63. The summed E-state index contributed by atoms with van der Waals surface area (Å²) in [5.41, 5.74) is 2.38. The minimum absolute atomic E-state index is 0.762. The molecule has 8 heteroatoms. The van der Waals surface area contributed by atoms with Crippen LogP contribution < -0.4 is 4.90 Å². The Hall–Kier alpha value is -2.09. The fraction of sp³-hybridized carbons (Fsp3) is 0.667. The van der Waals surface area contributed by atoms with E-state index in [4.69, 9.17) is 0 Å². The van der Waals surface area contributed by atoms with Gasteiger partial charge in [-0.15, -0.1) is 5.10 Å². The SMILES string of the molecule is CCCCn1nnnc1CN1CCc2ncnc(N(C)C)c2C1. The van der Waals surface area contributed by atoms with Crippen LogP contribution in [0.2, 0.25) is 0 Å². The largest absolute Gasteiger partial charge is 0.362 e. The number of unbranched alkanes of at least 4 members (excludes halogenated alkanes) is 1. The molecule has 3 heterocycles. The molecule has 0 unspecified atom stereocenters. The third kappa shape index (κ3) is 3.47. The average Bonchev–Trinajstić information content (AvgIpc) is 2.99. The van der Waals surface area contributed by atoms with Crippen molar-refractivity contribution >= 4 is 5.82 Å². The number of rotatable bonds is 6. The zero-order valence-corrected chi connectivity index (χ0v) is 14.1. The van der Waals surface area contributed by atoms with E-state index in [1.807, 2.05) is 18.8 Å². The van der Waals surface area contributed by atoms with Crippen molar-refractivity contribution in [3.05, 3.63) is 23.4 Å². The summed E-state index contributed by atoms with van der Waals surface area (Å²) in [5.74, 6) is 1.94. The second kappa shape index (κ2) is 6.99. The Balaban J connectivity index is 1.74. The van der Waals surface area contributed by atoms with Crippen LogP contribution in [-0.4, -0.2) is 55.7 Å². The molecule has 0 saturated heterocycles. The highest BCUT2D eigenvalue weighted by atomic mass is 15.5. The van der Waals surface area contributed by atoms with Gasteiger partial charge in [-0.05, 0) is 16.8 Å². The Bertz CT molecular complexity index is 651. The lowest BCUT2D eigenvalue weighted by atomic mass is 10.1. The van der Waals surface area contributed by atoms with E-state index in [0.29, 0.717) is 0 Å². The molecule has 0 saturated carbocycles. The van der Waals surface area contributed by atoms with Crippen LogP contribution >= 0.6 is 0 Å². The second-order valence-corrected chi connectivity index (χ2v) is 6.15. The van der Waals surface area contributed by atoms with Gasteiger partial charge in [0.15, 0.2) is 5.82 Å². The first-order valence-electron chi connectivity index (χ1n) is 8.16. The van der Waals surface area contributed by atoms with E-state index in [9.17, 15) is 0 Å². The van der Waals surface area contributed by atoms with Gasteiger partial charge in [-0.1, -0.05) is 13.3 Å². The van der Waals surface area contributed by atoms with E-state index in [1.165, 1.54) is 5.56 Å². The molecule has 0 amide bonds. The van der Waals surface area contributed by atoms with Crippen LogP contribution in [0.3, 0.4) is 0 Å². The number of aromatic nitrogens is 6. The molecule has 23 heavy (non-hydrogen) atoms. The first-order valence-corrected chi connectivity index (χ1v) is 8.16. The van der Waals surface area contributed by atoms with E-state index < -0.39 is 0 Å². The van der Waals surface area contributed by atoms with Crippen molar-refractivity contribution in [1.82, 2.24) is 35.1 Å². The molecule has 124 valence electrons. The maximum Gasteiger partial charge on any atom is 0.165 e. The monoisotopic (exact) mass is 316 g/mol. The lowest BCUT2D eigenvalue weighted by Crippen LogP contribution is -2.33. The zero-order valence-electron chi connectivity index (χ0n) is 14.1. The van der Waals surface area contributed by atoms with Crippen LogP contribution in [-0.2, 0) is 26.1 Å². The smallest absolute Gasteiger partial charge is 0.165 e. The van der Waals surface area contributed by atoms with Gasteiger partial charge in [0.25, 0.3) is 0 Å². The van der Waals surface area contributed by atoms with E-state index in [-0.39, 0.29) is 0 Å². The standard InChI is InChI=1S/C15H24N8/c1-4-5-7-23-14(18-19-20-23)10-22-8-6-13-12(9-22)15(21(2)3)17-11-16-13/h11H,4-10H2,1-3H3. The topological polar surface area (TPSA) is 75.9 Å². The molecule has 0 spiro atoms. The van der Waals surface area contributed by atoms with Gasteiger partial charge >= 0.3 is 0 Å². The summed E-state index contributed by atoms with van der Waals surface area (Å²) in [7, 11) is 4.04. The van der Waals surface area contributed by atoms with Gasteiger partial charge in [-0.2, -0.15) is 0 Å². The first kappa shape index (κ1) is 15.8. The molecule has 0 atom stereocenters. The second-order valence-electron chi connectivity index (χ2n) is 6.15. The molecule has 0 fully saturated rings. The minimum atomic E-state index is 0.762. The maximum absolute atomic E-state index is 4.44. The quantitative estimate of drug-likeness (QED) is 0.783. The van der Waals surface area contributed by atoms with Crippen LogP contribution in [0.25, 0.3) is 0 Å². The van der Waals surface area contributed by atoms with E-state index in [1.54, 1.807) is 6.33 Å². The summed E-state index contributed by atoms with van der Waals surface area (Å²) in [6.07, 6.45) is 4.84. The Morgan fingerprint density at radius 2 is 2.13 bits per heavy atom. The number of aryl methyl sites for hydroxylation is 1. The van der Waals surface area contributed by atoms with Gasteiger partial charge in [-0.3, -0.25) is 4.90 Å². The third-order valence-electron chi connectivity index (χ3n) is 4.18. The average molecular weight is 316 g/mol. The number of nitrogens with zero attached hydrogens (tertiary/aromatic N) is 8. The zero-order chi connectivity index (χ0) is 16.2. The van der Waals surface area contributed by atoms with Gasteiger partial charge in [0.2, 0.25) is 0 Å². The highest BCUT2D eigenvalue weighted by Crippen LogP contribution is 2.25. The van der Waals surface area contributed by atoms with Crippen LogP contribution in [0.15, 0.2) is 6.33 Å². The predicted molar refractivity (Wildman–Crippen MR) is 86.9 cm³/mol. The van der Waals surface area contributed by atoms with Crippen molar-refractivity contribution in [3.8, 4) is 0 Å². The van der Waals surface area contributed by atoms with E-state index >= 15 is 0 Å². The normalized spacial score (nSPS) is 14.7. The molecule has 0 bridgehead atoms. The van der Waals surface area contributed by atoms with Crippen molar-refractivity contribution in [1.29, 1.82) is 0 Å². The third-order valence-corrected chi connectivity index (χ3v) is 4.18. The van der Waals surface area contributed by atoms with Gasteiger partial charge in [0, 0.05) is 45.7 Å². The predicted octanol–water partition coefficient (Wildman–Crippen LogP) is 0.887. The van der Waals surface area contributed by atoms with Gasteiger partial charge in [-0.25, -0.2) is 14.6 Å². The molecule has 8 nitrogen and oxygen atoms in total. The number of anilines is 1. The first-order chi connectivity index (χ1) is 11.2. The summed E-state index contributed by atoms with van der Waals surface area (Å²) < 4.78 is 1.92. The Labute approximate surface area is 136 Å². The summed E-state index contributed by atoms with van der Waals surface area (Å²) in [5, 5.41) is 12.1. The van der Waals surface area contributed by atoms with E-state index in [0.717, 1.165) is 62.8 Å². The van der Waals surface area contributed by atoms with Crippen molar-refractivity contribution < 1.29 is 0 Å². The number of tetrazole rings is 1. The maximum atomic E-state index is 4.44. The highest BCUT2D eigenvalue weighted by molar-refractivity contribution is 5.48. The summed E-state index contributed by atoms with van der Waals surface area (Å²) in [6, 6.07) is 0. The molecule has 1 aliphatic heterocycles.